The van der Waals surface area contributed by atoms with Crippen LogP contribution in [0.2, 0.25) is 0 Å². The summed E-state index contributed by atoms with van der Waals surface area (Å²) in [5, 5.41) is 2.50. The maximum Gasteiger partial charge on any atom is 0.421 e. The van der Waals surface area contributed by atoms with Crippen molar-refractivity contribution in [2.24, 2.45) is 0 Å². The summed E-state index contributed by atoms with van der Waals surface area (Å²) in [6, 6.07) is 7.61. The number of sulfonamides is 1. The van der Waals surface area contributed by atoms with Crippen molar-refractivity contribution in [3.05, 3.63) is 64.1 Å². The molecule has 1 aromatic heterocycles. The lowest BCUT2D eigenvalue weighted by molar-refractivity contribution is -0.139. The summed E-state index contributed by atoms with van der Waals surface area (Å²) in [4.78, 5) is 24.1. The van der Waals surface area contributed by atoms with Gasteiger partial charge < -0.3 is 14.6 Å². The van der Waals surface area contributed by atoms with Crippen LogP contribution >= 0.6 is 0 Å². The van der Waals surface area contributed by atoms with E-state index in [1.54, 1.807) is 0 Å². The third-order valence-electron chi connectivity index (χ3n) is 4.66. The molecule has 1 aromatic carbocycles. The third kappa shape index (κ3) is 5.51. The fourth-order valence-corrected chi connectivity index (χ4v) is 4.41. The van der Waals surface area contributed by atoms with Gasteiger partial charge in [0, 0.05) is 25.8 Å². The number of benzene rings is 1. The third-order valence-corrected chi connectivity index (χ3v) is 6.57. The van der Waals surface area contributed by atoms with Crippen LogP contribution < -0.4 is 10.9 Å². The maximum atomic E-state index is 12.8. The number of carbonyl (C=O) groups excluding carboxylic acids is 1. The lowest BCUT2D eigenvalue weighted by Crippen LogP contribution is -2.40. The van der Waals surface area contributed by atoms with Crippen LogP contribution in [0.4, 0.5) is 13.2 Å². The highest BCUT2D eigenvalue weighted by molar-refractivity contribution is 7.89. The Morgan fingerprint density at radius 2 is 1.74 bits per heavy atom. The van der Waals surface area contributed by atoms with E-state index in [0.29, 0.717) is 29.4 Å². The fourth-order valence-electron chi connectivity index (χ4n) is 3.00. The van der Waals surface area contributed by atoms with E-state index in [4.69, 9.17) is 4.74 Å². The van der Waals surface area contributed by atoms with E-state index < -0.39 is 39.8 Å². The lowest BCUT2D eigenvalue weighted by atomic mass is 10.2. The van der Waals surface area contributed by atoms with Crippen molar-refractivity contribution in [2.45, 2.75) is 24.2 Å². The van der Waals surface area contributed by atoms with Gasteiger partial charge >= 0.3 is 6.18 Å². The van der Waals surface area contributed by atoms with Gasteiger partial charge in [0.1, 0.15) is 12.1 Å². The van der Waals surface area contributed by atoms with Crippen molar-refractivity contribution in [3.8, 4) is 0 Å². The molecule has 8 nitrogen and oxygen atoms in total. The van der Waals surface area contributed by atoms with Gasteiger partial charge in [-0.2, -0.15) is 17.5 Å². The highest BCUT2D eigenvalue weighted by atomic mass is 32.2. The van der Waals surface area contributed by atoms with E-state index in [2.05, 4.69) is 5.32 Å². The Morgan fingerprint density at radius 3 is 2.35 bits per heavy atom. The minimum absolute atomic E-state index is 0.0183. The van der Waals surface area contributed by atoms with Crippen LogP contribution in [0, 0.1) is 0 Å². The number of ether oxygens (including phenoxy) is 1. The molecule has 12 heteroatoms. The van der Waals surface area contributed by atoms with Crippen LogP contribution in [0.5, 0.6) is 0 Å². The van der Waals surface area contributed by atoms with E-state index in [-0.39, 0.29) is 24.5 Å². The largest absolute Gasteiger partial charge is 0.421 e. The summed E-state index contributed by atoms with van der Waals surface area (Å²) in [6.07, 6.45) is -3.71. The van der Waals surface area contributed by atoms with E-state index in [0.717, 1.165) is 12.3 Å². The average molecular weight is 459 g/mol. The van der Waals surface area contributed by atoms with Crippen molar-refractivity contribution >= 4 is 15.9 Å². The molecule has 1 aliphatic rings. The summed E-state index contributed by atoms with van der Waals surface area (Å²) in [5.74, 6) is -0.661. The average Bonchev–Trinajstić information content (AvgIpc) is 2.74. The molecule has 0 aliphatic carbocycles. The Balaban J connectivity index is 1.61. The fraction of sp³-hybridized carbons (Fsp3) is 0.368. The van der Waals surface area contributed by atoms with Gasteiger partial charge in [0.05, 0.1) is 18.1 Å². The van der Waals surface area contributed by atoms with Crippen LogP contribution in [0.1, 0.15) is 11.1 Å². The molecule has 1 fully saturated rings. The van der Waals surface area contributed by atoms with E-state index >= 15 is 0 Å². The number of rotatable bonds is 6. The molecule has 2 heterocycles. The number of hydrogen-bond acceptors (Lipinski definition) is 5. The Labute approximate surface area is 176 Å². The Hall–Kier alpha value is -2.70. The molecule has 3 rings (SSSR count). The molecule has 0 saturated carbocycles. The van der Waals surface area contributed by atoms with Crippen LogP contribution in [0.25, 0.3) is 0 Å². The van der Waals surface area contributed by atoms with E-state index in [9.17, 15) is 31.2 Å². The van der Waals surface area contributed by atoms with Crippen molar-refractivity contribution in [2.75, 3.05) is 26.3 Å². The second kappa shape index (κ2) is 9.20. The molecule has 1 saturated heterocycles. The quantitative estimate of drug-likeness (QED) is 0.700. The Kier molecular flexibility index (Phi) is 6.82. The lowest BCUT2D eigenvalue weighted by Gasteiger charge is -2.26. The van der Waals surface area contributed by atoms with Gasteiger partial charge in [0.25, 0.3) is 5.56 Å². The summed E-state index contributed by atoms with van der Waals surface area (Å²) in [6.45, 7) is 0.650. The van der Waals surface area contributed by atoms with Crippen LogP contribution in [0.15, 0.2) is 52.3 Å². The summed E-state index contributed by atoms with van der Waals surface area (Å²) in [5.41, 5.74) is -2.06. The van der Waals surface area contributed by atoms with Gasteiger partial charge in [0.2, 0.25) is 15.9 Å². The number of alkyl halides is 3. The molecule has 1 N–H and O–H groups in total. The van der Waals surface area contributed by atoms with Gasteiger partial charge in [-0.1, -0.05) is 12.1 Å². The molecule has 0 spiro atoms. The zero-order chi connectivity index (χ0) is 22.6. The van der Waals surface area contributed by atoms with E-state index in [1.807, 2.05) is 0 Å². The van der Waals surface area contributed by atoms with Crippen LogP contribution in [0.3, 0.4) is 0 Å². The number of aromatic nitrogens is 1. The normalized spacial score (nSPS) is 15.6. The molecule has 0 atom stereocenters. The monoisotopic (exact) mass is 459 g/mol. The van der Waals surface area contributed by atoms with Gasteiger partial charge in [-0.05, 0) is 29.8 Å². The number of hydrogen-bond donors (Lipinski definition) is 1. The SMILES string of the molecule is O=C(Cn1cccc(C(F)(F)F)c1=O)NCc1ccc(S(=O)(=O)N2CCOCC2)cc1. The minimum atomic E-state index is -4.81. The molecular formula is C19H20F3N3O5S. The molecule has 31 heavy (non-hydrogen) atoms. The summed E-state index contributed by atoms with van der Waals surface area (Å²) in [7, 11) is -3.64. The number of pyridine rings is 1. The van der Waals surface area contributed by atoms with E-state index in [1.165, 1.54) is 28.6 Å². The van der Waals surface area contributed by atoms with Gasteiger partial charge in [-0.3, -0.25) is 9.59 Å². The number of amides is 1. The molecule has 1 aliphatic heterocycles. The zero-order valence-electron chi connectivity index (χ0n) is 16.3. The minimum Gasteiger partial charge on any atom is -0.379 e. The molecule has 1 amide bonds. The van der Waals surface area contributed by atoms with Crippen molar-refractivity contribution < 1.29 is 31.1 Å². The van der Waals surface area contributed by atoms with Gasteiger partial charge in [0.15, 0.2) is 0 Å². The topological polar surface area (TPSA) is 97.7 Å². The zero-order valence-corrected chi connectivity index (χ0v) is 17.1. The first-order valence-electron chi connectivity index (χ1n) is 9.29. The van der Waals surface area contributed by atoms with Crippen LogP contribution in [-0.4, -0.2) is 49.5 Å². The summed E-state index contributed by atoms with van der Waals surface area (Å²) < 4.78 is 70.8. The second-order valence-corrected chi connectivity index (χ2v) is 8.73. The molecule has 0 unspecified atom stereocenters. The highest BCUT2D eigenvalue weighted by Gasteiger charge is 2.34. The van der Waals surface area contributed by atoms with Gasteiger partial charge in [-0.15, -0.1) is 0 Å². The molecule has 2 aromatic rings. The smallest absolute Gasteiger partial charge is 0.379 e. The number of nitrogens with zero attached hydrogens (tertiary/aromatic N) is 2. The number of nitrogens with one attached hydrogen (secondary N) is 1. The summed E-state index contributed by atoms with van der Waals surface area (Å²) >= 11 is 0. The van der Waals surface area contributed by atoms with Crippen LogP contribution in [-0.2, 0) is 38.8 Å². The van der Waals surface area contributed by atoms with Crippen molar-refractivity contribution in [1.29, 1.82) is 0 Å². The molecule has 0 radical (unpaired) electrons. The second-order valence-electron chi connectivity index (χ2n) is 6.79. The molecular weight excluding hydrogens is 439 g/mol. The first kappa shape index (κ1) is 23.0. The van der Waals surface area contributed by atoms with Gasteiger partial charge in [-0.25, -0.2) is 8.42 Å². The Morgan fingerprint density at radius 1 is 1.10 bits per heavy atom. The highest BCUT2D eigenvalue weighted by Crippen LogP contribution is 2.26. The number of carbonyl (C=O) groups is 1. The molecule has 168 valence electrons. The first-order chi connectivity index (χ1) is 14.6. The number of morpholine rings is 1. The number of halogens is 3. The molecule has 0 bridgehead atoms. The first-order valence-corrected chi connectivity index (χ1v) is 10.7. The van der Waals surface area contributed by atoms with Crippen molar-refractivity contribution in [1.82, 2.24) is 14.2 Å². The predicted octanol–water partition coefficient (Wildman–Crippen LogP) is 1.20. The van der Waals surface area contributed by atoms with Crippen molar-refractivity contribution in [3.63, 3.8) is 0 Å². The standard InChI is InChI=1S/C19H20F3N3O5S/c20-19(21,22)16-2-1-7-24(18(16)27)13-17(26)23-12-14-3-5-15(6-4-14)31(28,29)25-8-10-30-11-9-25/h1-7H,8-13H2,(H,23,26). The maximum absolute atomic E-state index is 12.8. The Bertz CT molecular complexity index is 1090. The predicted molar refractivity (Wildman–Crippen MR) is 104 cm³/mol.